The van der Waals surface area contributed by atoms with Gasteiger partial charge in [-0.2, -0.15) is 27.6 Å². The molecule has 4 aromatic rings. The first-order chi connectivity index (χ1) is 24.0. The summed E-state index contributed by atoms with van der Waals surface area (Å²) < 4.78 is 58.8. The molecule has 2 aliphatic rings. The zero-order valence-electron chi connectivity index (χ0n) is 28.0. The number of nitrogens with one attached hydrogen (secondary N) is 1. The minimum absolute atomic E-state index is 0.00863. The molecule has 0 saturated carbocycles. The predicted molar refractivity (Wildman–Crippen MR) is 179 cm³/mol. The van der Waals surface area contributed by atoms with E-state index in [1.54, 1.807) is 4.90 Å². The molecule has 0 spiro atoms. The summed E-state index contributed by atoms with van der Waals surface area (Å²) in [5, 5.41) is 6.27. The standard InChI is InChI=1S/C33H35ClF4N10O3/c1-44-25(22-18-47(43-27(22)33(36,37)38)26-7-6-24(39)28(35)42-26)17-40-29(44)30(49)41-20-4-5-21(23(34)16-20)32(51)46-12-10-45(11-13-46)31(50)19-8-14-48(2,3)15-9-19/h4-7,16-19H,8-15,39H2,1-3H3/p+1. The molecule has 5 heterocycles. The number of alkyl halides is 3. The van der Waals surface area contributed by atoms with E-state index >= 15 is 0 Å². The van der Waals surface area contributed by atoms with Gasteiger partial charge in [-0.05, 0) is 30.3 Å². The number of nitrogen functional groups attached to an aromatic ring is 1. The third-order valence-electron chi connectivity index (χ3n) is 9.40. The Hall–Kier alpha value is -5.03. The van der Waals surface area contributed by atoms with Crippen LogP contribution in [0, 0.1) is 11.9 Å². The Bertz CT molecular complexity index is 1990. The highest BCUT2D eigenvalue weighted by Gasteiger charge is 2.39. The molecule has 0 bridgehead atoms. The lowest BCUT2D eigenvalue weighted by Gasteiger charge is -2.40. The Kier molecular flexibility index (Phi) is 9.54. The van der Waals surface area contributed by atoms with Crippen molar-refractivity contribution in [2.24, 2.45) is 13.0 Å². The molecule has 1 aromatic carbocycles. The molecule has 13 nitrogen and oxygen atoms in total. The molecule has 6 rings (SSSR count). The highest BCUT2D eigenvalue weighted by Crippen LogP contribution is 2.37. The van der Waals surface area contributed by atoms with Gasteiger partial charge < -0.3 is 29.9 Å². The monoisotopic (exact) mass is 731 g/mol. The third kappa shape index (κ3) is 7.39. The maximum Gasteiger partial charge on any atom is 0.435 e. The number of nitrogens with zero attached hydrogens (tertiary/aromatic N) is 8. The van der Waals surface area contributed by atoms with Crippen LogP contribution < -0.4 is 11.1 Å². The van der Waals surface area contributed by atoms with E-state index in [1.165, 1.54) is 31.3 Å². The fourth-order valence-corrected chi connectivity index (χ4v) is 6.61. The van der Waals surface area contributed by atoms with Crippen LogP contribution in [0.5, 0.6) is 0 Å². The van der Waals surface area contributed by atoms with Gasteiger partial charge in [0.25, 0.3) is 11.8 Å². The normalized spacial score (nSPS) is 16.7. The number of aromatic nitrogens is 5. The Morgan fingerprint density at radius 2 is 1.69 bits per heavy atom. The summed E-state index contributed by atoms with van der Waals surface area (Å²) in [7, 11) is 5.68. The van der Waals surface area contributed by atoms with Gasteiger partial charge in [0.05, 0.1) is 60.9 Å². The average molecular weight is 732 g/mol. The predicted octanol–water partition coefficient (Wildman–Crippen LogP) is 4.08. The number of anilines is 2. The Balaban J connectivity index is 1.12. The van der Waals surface area contributed by atoms with E-state index in [0.717, 1.165) is 58.1 Å². The number of hydrogen-bond acceptors (Lipinski definition) is 7. The number of piperidine rings is 1. The number of rotatable bonds is 6. The summed E-state index contributed by atoms with van der Waals surface area (Å²) in [5.74, 6) is -2.47. The number of hydrogen-bond donors (Lipinski definition) is 2. The Morgan fingerprint density at radius 1 is 1.02 bits per heavy atom. The van der Waals surface area contributed by atoms with Crippen molar-refractivity contribution < 1.29 is 36.4 Å². The first-order valence-electron chi connectivity index (χ1n) is 16.1. The van der Waals surface area contributed by atoms with Gasteiger partial charge in [0, 0.05) is 63.9 Å². The second-order valence-corrected chi connectivity index (χ2v) is 13.7. The first kappa shape index (κ1) is 35.8. The number of amides is 3. The topological polar surface area (TPSA) is 144 Å². The Labute approximate surface area is 295 Å². The van der Waals surface area contributed by atoms with Crippen molar-refractivity contribution in [1.29, 1.82) is 0 Å². The van der Waals surface area contributed by atoms with Crippen LogP contribution in [0.15, 0.2) is 42.7 Å². The lowest BCUT2D eigenvalue weighted by molar-refractivity contribution is -0.895. The van der Waals surface area contributed by atoms with E-state index in [9.17, 15) is 31.9 Å². The molecule has 0 atom stereocenters. The highest BCUT2D eigenvalue weighted by molar-refractivity contribution is 6.34. The van der Waals surface area contributed by atoms with E-state index in [2.05, 4.69) is 34.5 Å². The molecule has 3 amide bonds. The molecule has 0 unspecified atom stereocenters. The third-order valence-corrected chi connectivity index (χ3v) is 9.71. The quantitative estimate of drug-likeness (QED) is 0.173. The summed E-state index contributed by atoms with van der Waals surface area (Å²) in [6.07, 6.45) is -1.13. The van der Waals surface area contributed by atoms with E-state index in [0.29, 0.717) is 26.2 Å². The summed E-state index contributed by atoms with van der Waals surface area (Å²) in [6.45, 7) is 3.48. The molecular weight excluding hydrogens is 696 g/mol. The van der Waals surface area contributed by atoms with Crippen LogP contribution in [0.2, 0.25) is 5.02 Å². The number of quaternary nitrogens is 1. The van der Waals surface area contributed by atoms with Crippen LogP contribution in [0.25, 0.3) is 17.1 Å². The number of piperazine rings is 1. The van der Waals surface area contributed by atoms with Crippen molar-refractivity contribution in [2.75, 3.05) is 64.4 Å². The molecule has 3 N–H and O–H groups in total. The maximum absolute atomic E-state index is 14.0. The van der Waals surface area contributed by atoms with Crippen LogP contribution in [-0.4, -0.2) is 110 Å². The molecule has 18 heteroatoms. The Morgan fingerprint density at radius 3 is 2.31 bits per heavy atom. The zero-order chi connectivity index (χ0) is 36.8. The first-order valence-corrected chi connectivity index (χ1v) is 16.5. The van der Waals surface area contributed by atoms with Gasteiger partial charge in [0.2, 0.25) is 11.9 Å². The van der Waals surface area contributed by atoms with Crippen LogP contribution in [-0.2, 0) is 18.0 Å². The minimum Gasteiger partial charge on any atom is -0.395 e. The van der Waals surface area contributed by atoms with Crippen LogP contribution in [0.1, 0.15) is 39.5 Å². The van der Waals surface area contributed by atoms with Gasteiger partial charge in [0.1, 0.15) is 0 Å². The fraction of sp³-hybridized carbons (Fsp3) is 0.394. The lowest BCUT2D eigenvalue weighted by atomic mass is 9.94. The largest absolute Gasteiger partial charge is 0.435 e. The van der Waals surface area contributed by atoms with E-state index in [4.69, 9.17) is 17.3 Å². The molecule has 2 aliphatic heterocycles. The number of halogens is 5. The number of imidazole rings is 1. The zero-order valence-corrected chi connectivity index (χ0v) is 28.8. The van der Waals surface area contributed by atoms with Crippen molar-refractivity contribution in [3.63, 3.8) is 0 Å². The van der Waals surface area contributed by atoms with E-state index in [-0.39, 0.29) is 57.0 Å². The second kappa shape index (κ2) is 13.6. The molecule has 2 fully saturated rings. The second-order valence-electron chi connectivity index (χ2n) is 13.3. The van der Waals surface area contributed by atoms with E-state index < -0.39 is 29.3 Å². The highest BCUT2D eigenvalue weighted by atomic mass is 35.5. The number of nitrogens with two attached hydrogens (primary N) is 1. The van der Waals surface area contributed by atoms with Crippen molar-refractivity contribution in [3.05, 3.63) is 70.8 Å². The molecular formula is C33H36ClF4N10O3+. The van der Waals surface area contributed by atoms with Crippen molar-refractivity contribution in [2.45, 2.75) is 19.0 Å². The van der Waals surface area contributed by atoms with Gasteiger partial charge in [-0.15, -0.1) is 0 Å². The molecule has 0 aliphatic carbocycles. The van der Waals surface area contributed by atoms with Crippen LogP contribution >= 0.6 is 11.6 Å². The number of carbonyl (C=O) groups excluding carboxylic acids is 3. The smallest absolute Gasteiger partial charge is 0.395 e. The minimum atomic E-state index is -4.91. The van der Waals surface area contributed by atoms with Crippen molar-refractivity contribution in [1.82, 2.24) is 34.1 Å². The van der Waals surface area contributed by atoms with Gasteiger partial charge >= 0.3 is 6.18 Å². The molecule has 2 saturated heterocycles. The number of pyridine rings is 1. The SMILES string of the molecule is Cn1c(-c2cn(-c3ccc(N)c(F)n3)nc2C(F)(F)F)cnc1C(=O)Nc1ccc(C(=O)N2CCN(C(=O)C3CC[N+](C)(C)CC3)CC2)c(Cl)c1. The van der Waals surface area contributed by atoms with Gasteiger partial charge in [0.15, 0.2) is 17.3 Å². The summed E-state index contributed by atoms with van der Waals surface area (Å²) >= 11 is 6.49. The van der Waals surface area contributed by atoms with Crippen molar-refractivity contribution in [3.8, 4) is 17.1 Å². The number of benzene rings is 1. The van der Waals surface area contributed by atoms with Gasteiger partial charge in [-0.25, -0.2) is 9.67 Å². The maximum atomic E-state index is 14.0. The van der Waals surface area contributed by atoms with Crippen molar-refractivity contribution >= 4 is 40.7 Å². The molecule has 3 aromatic heterocycles. The summed E-state index contributed by atoms with van der Waals surface area (Å²) in [5.41, 5.74) is 3.76. The van der Waals surface area contributed by atoms with Gasteiger partial charge in [-0.1, -0.05) is 11.6 Å². The molecule has 51 heavy (non-hydrogen) atoms. The molecule has 270 valence electrons. The van der Waals surface area contributed by atoms with Crippen LogP contribution in [0.3, 0.4) is 0 Å². The lowest BCUT2D eigenvalue weighted by Crippen LogP contribution is -2.54. The number of carbonyl (C=O) groups is 3. The van der Waals surface area contributed by atoms with Gasteiger partial charge in [-0.3, -0.25) is 14.4 Å². The number of likely N-dealkylation sites (tertiary alicyclic amines) is 1. The van der Waals surface area contributed by atoms with E-state index in [1.807, 2.05) is 4.90 Å². The summed E-state index contributed by atoms with van der Waals surface area (Å²) in [6, 6.07) is 6.71. The average Bonchev–Trinajstić information content (AvgIpc) is 3.70. The fourth-order valence-electron chi connectivity index (χ4n) is 6.35. The summed E-state index contributed by atoms with van der Waals surface area (Å²) in [4.78, 5) is 50.7. The molecule has 0 radical (unpaired) electrons. The van der Waals surface area contributed by atoms with Crippen LogP contribution in [0.4, 0.5) is 28.9 Å².